The Balaban J connectivity index is 1.72. The van der Waals surface area contributed by atoms with Gasteiger partial charge in [0.15, 0.2) is 11.6 Å². The van der Waals surface area contributed by atoms with E-state index in [4.69, 9.17) is 0 Å². The highest BCUT2D eigenvalue weighted by Crippen LogP contribution is 2.41. The van der Waals surface area contributed by atoms with Crippen molar-refractivity contribution in [3.63, 3.8) is 0 Å². The van der Waals surface area contributed by atoms with E-state index in [0.29, 0.717) is 0 Å². The molecule has 0 aromatic carbocycles. The van der Waals surface area contributed by atoms with Crippen molar-refractivity contribution in [1.29, 1.82) is 0 Å². The number of carbonyl (C=O) groups is 2. The minimum absolute atomic E-state index is 0.125. The zero-order valence-corrected chi connectivity index (χ0v) is 17.9. The molecule has 0 aromatic heterocycles. The summed E-state index contributed by atoms with van der Waals surface area (Å²) in [5.74, 6) is 5.05. The van der Waals surface area contributed by atoms with Crippen molar-refractivity contribution in [3.05, 3.63) is 47.6 Å². The molecule has 2 aliphatic heterocycles. The fourth-order valence-corrected chi connectivity index (χ4v) is 8.95. The Morgan fingerprint density at radius 1 is 0.667 bits per heavy atom. The lowest BCUT2D eigenvalue weighted by Gasteiger charge is -2.31. The van der Waals surface area contributed by atoms with E-state index in [0.717, 1.165) is 32.7 Å². The first kappa shape index (κ1) is 19.1. The molecule has 2 nitrogen and oxygen atoms in total. The molecule has 0 bridgehead atoms. The molecule has 0 aromatic rings. The van der Waals surface area contributed by atoms with Gasteiger partial charge in [-0.1, -0.05) is 26.0 Å². The molecule has 0 radical (unpaired) electrons. The summed E-state index contributed by atoms with van der Waals surface area (Å²) in [7, 11) is 0.250. The highest BCUT2D eigenvalue weighted by Gasteiger charge is 2.31. The number of ketones is 2. The van der Waals surface area contributed by atoms with E-state index in [2.05, 4.69) is 26.0 Å². The molecule has 0 atom stereocenters. The maximum Gasteiger partial charge on any atom is 0.191 e. The van der Waals surface area contributed by atoms with Crippen LogP contribution in [0, 0.1) is 5.41 Å². The Morgan fingerprint density at radius 3 is 1.41 bits per heavy atom. The van der Waals surface area contributed by atoms with Gasteiger partial charge in [-0.25, -0.2) is 0 Å². The van der Waals surface area contributed by atoms with Gasteiger partial charge in [0.25, 0.3) is 0 Å². The van der Waals surface area contributed by atoms with Gasteiger partial charge in [-0.3, -0.25) is 9.59 Å². The third-order valence-electron chi connectivity index (χ3n) is 6.02. The minimum Gasteiger partial charge on any atom is -0.289 e. The average Bonchev–Trinajstić information content (AvgIpc) is 3.36. The van der Waals surface area contributed by atoms with Crippen LogP contribution in [-0.4, -0.2) is 44.3 Å². The van der Waals surface area contributed by atoms with E-state index in [9.17, 15) is 9.59 Å². The fourth-order valence-electron chi connectivity index (χ4n) is 4.16. The van der Waals surface area contributed by atoms with Gasteiger partial charge in [0, 0.05) is 15.1 Å². The molecule has 0 unspecified atom stereocenters. The number of carbonyl (C=O) groups excluding carboxylic acids is 2. The van der Waals surface area contributed by atoms with Gasteiger partial charge < -0.3 is 0 Å². The summed E-state index contributed by atoms with van der Waals surface area (Å²) in [6, 6.07) is 0. The Bertz CT molecular complexity index is 803. The molecule has 0 spiro atoms. The first-order chi connectivity index (χ1) is 13.0. The van der Waals surface area contributed by atoms with Gasteiger partial charge in [-0.05, 0) is 84.1 Å². The van der Waals surface area contributed by atoms with Crippen LogP contribution in [0.5, 0.6) is 0 Å². The second-order valence-corrected chi connectivity index (χ2v) is 12.6. The van der Waals surface area contributed by atoms with Gasteiger partial charge in [-0.2, -0.15) is 21.0 Å². The molecule has 144 valence electrons. The van der Waals surface area contributed by atoms with E-state index < -0.39 is 0 Å². The van der Waals surface area contributed by atoms with E-state index in [1.165, 1.54) is 36.8 Å². The second kappa shape index (κ2) is 7.63. The van der Waals surface area contributed by atoms with Crippen molar-refractivity contribution in [2.75, 3.05) is 23.0 Å². The van der Waals surface area contributed by atoms with Crippen molar-refractivity contribution in [2.24, 2.45) is 5.41 Å². The predicted octanol–water partition coefficient (Wildman–Crippen LogP) is 4.61. The van der Waals surface area contributed by atoms with Crippen LogP contribution in [0.2, 0.25) is 0 Å². The van der Waals surface area contributed by atoms with Crippen LogP contribution in [0.25, 0.3) is 0 Å². The summed E-state index contributed by atoms with van der Waals surface area (Å²) < 4.78 is 0. The highest BCUT2D eigenvalue weighted by molar-refractivity contribution is 8.17. The number of rotatable bonds is 2. The monoisotopic (exact) mass is 400 g/mol. The molecule has 4 heteroatoms. The quantitative estimate of drug-likeness (QED) is 0.634. The van der Waals surface area contributed by atoms with Crippen molar-refractivity contribution < 1.29 is 9.59 Å². The first-order valence-electron chi connectivity index (χ1n) is 9.95. The van der Waals surface area contributed by atoms with Crippen LogP contribution in [0.3, 0.4) is 0 Å². The van der Waals surface area contributed by atoms with Gasteiger partial charge in [-0.15, -0.1) is 0 Å². The van der Waals surface area contributed by atoms with Crippen LogP contribution in [0.1, 0.15) is 39.5 Å². The lowest BCUT2D eigenvalue weighted by Crippen LogP contribution is -2.25. The predicted molar refractivity (Wildman–Crippen MR) is 121 cm³/mol. The van der Waals surface area contributed by atoms with Gasteiger partial charge in [0.1, 0.15) is 0 Å². The van der Waals surface area contributed by atoms with E-state index >= 15 is 0 Å². The summed E-state index contributed by atoms with van der Waals surface area (Å²) in [4.78, 5) is 27.0. The van der Waals surface area contributed by atoms with Gasteiger partial charge >= 0.3 is 0 Å². The van der Waals surface area contributed by atoms with Crippen LogP contribution in [0.15, 0.2) is 47.6 Å². The summed E-state index contributed by atoms with van der Waals surface area (Å²) in [6.07, 6.45) is 16.8. The molecule has 4 aliphatic rings. The highest BCUT2D eigenvalue weighted by atomic mass is 32.2. The molecule has 4 rings (SSSR count). The third kappa shape index (κ3) is 3.71. The molecule has 2 aliphatic carbocycles. The molecule has 2 saturated heterocycles. The molecule has 0 amide bonds. The molecular weight excluding hydrogens is 372 g/mol. The molecule has 0 saturated carbocycles. The van der Waals surface area contributed by atoms with Crippen molar-refractivity contribution >= 4 is 42.3 Å². The maximum atomic E-state index is 12.5. The Kier molecular flexibility index (Phi) is 5.39. The Hall–Kier alpha value is -1.26. The molecule has 2 fully saturated rings. The molecule has 0 N–H and O–H groups in total. The van der Waals surface area contributed by atoms with Gasteiger partial charge in [0.05, 0.1) is 0 Å². The number of allylic oxidation sites excluding steroid dienone is 8. The van der Waals surface area contributed by atoms with Crippen LogP contribution < -0.4 is 0 Å². The normalized spacial score (nSPS) is 24.8. The maximum absolute atomic E-state index is 12.5. The molecule has 27 heavy (non-hydrogen) atoms. The summed E-state index contributed by atoms with van der Waals surface area (Å²) in [5, 5.41) is 0. The molecular formula is C23H28O2S2. The third-order valence-corrected chi connectivity index (χ3v) is 11.0. The van der Waals surface area contributed by atoms with Crippen LogP contribution in [0.4, 0.5) is 0 Å². The van der Waals surface area contributed by atoms with Crippen molar-refractivity contribution in [3.8, 4) is 0 Å². The SMILES string of the molecule is CC(C)(C1=CC(=S2CCCC2)C(=O)C=C1)C1=CC(=S2CCCC2)C(=O)C=C1. The standard InChI is InChI=1S/C23H28O2S2/c1-23(2,17-7-9-19(24)21(15-17)26-11-3-4-12-26)18-8-10-20(25)22(16-18)27-13-5-6-14-27/h7-10,15-16H,3-6,11-14H2,1-2H3. The fraction of sp³-hybridized carbons (Fsp3) is 0.478. The lowest BCUT2D eigenvalue weighted by atomic mass is 9.74. The van der Waals surface area contributed by atoms with E-state index in [1.807, 2.05) is 12.2 Å². The first-order valence-corrected chi connectivity index (χ1v) is 13.1. The van der Waals surface area contributed by atoms with Gasteiger partial charge in [0.2, 0.25) is 0 Å². The number of hydrogen-bond donors (Lipinski definition) is 0. The average molecular weight is 401 g/mol. The largest absolute Gasteiger partial charge is 0.289 e. The lowest BCUT2D eigenvalue weighted by molar-refractivity contribution is -0.109. The topological polar surface area (TPSA) is 34.1 Å². The van der Waals surface area contributed by atoms with Crippen molar-refractivity contribution in [2.45, 2.75) is 39.5 Å². The summed E-state index contributed by atoms with van der Waals surface area (Å²) in [5.41, 5.74) is 2.17. The smallest absolute Gasteiger partial charge is 0.191 e. The Morgan fingerprint density at radius 2 is 1.04 bits per heavy atom. The zero-order chi connectivity index (χ0) is 19.0. The van der Waals surface area contributed by atoms with Crippen molar-refractivity contribution in [1.82, 2.24) is 0 Å². The molecule has 2 heterocycles. The zero-order valence-electron chi connectivity index (χ0n) is 16.3. The summed E-state index contributed by atoms with van der Waals surface area (Å²) in [6.45, 7) is 4.44. The summed E-state index contributed by atoms with van der Waals surface area (Å²) >= 11 is 0. The van der Waals surface area contributed by atoms with E-state index in [1.54, 1.807) is 12.2 Å². The van der Waals surface area contributed by atoms with Crippen LogP contribution in [-0.2, 0) is 9.59 Å². The minimum atomic E-state index is -0.211. The van der Waals surface area contributed by atoms with E-state index in [-0.39, 0.29) is 37.9 Å². The number of hydrogen-bond acceptors (Lipinski definition) is 2. The Labute approximate surface area is 167 Å². The van der Waals surface area contributed by atoms with Crippen LogP contribution >= 0.6 is 21.0 Å². The second-order valence-electron chi connectivity index (χ2n) is 8.16.